The van der Waals surface area contributed by atoms with Crippen LogP contribution in [0.2, 0.25) is 0 Å². The maximum atomic E-state index is 14.3. The zero-order chi connectivity index (χ0) is 19.5. The predicted octanol–water partition coefficient (Wildman–Crippen LogP) is 7.29. The van der Waals surface area contributed by atoms with Crippen LogP contribution in [0.5, 0.6) is 0 Å². The molecule has 0 aliphatic heterocycles. The molecule has 4 fully saturated rings. The van der Waals surface area contributed by atoms with E-state index in [1.807, 2.05) is 12.1 Å². The summed E-state index contributed by atoms with van der Waals surface area (Å²) in [5, 5.41) is 3.64. The monoisotopic (exact) mass is 383 g/mol. The lowest BCUT2D eigenvalue weighted by Gasteiger charge is -2.61. The molecule has 1 aromatic carbocycles. The smallest absolute Gasteiger partial charge is 0.146 e. The number of rotatable bonds is 2. The normalized spacial score (nSPS) is 47.7. The van der Waals surface area contributed by atoms with Gasteiger partial charge in [0.2, 0.25) is 0 Å². The number of anilines is 1. The van der Waals surface area contributed by atoms with Gasteiger partial charge in [0, 0.05) is 6.04 Å². The highest BCUT2D eigenvalue weighted by Gasteiger charge is 2.60. The molecular weight excluding hydrogens is 345 g/mol. The molecule has 0 spiro atoms. The fourth-order valence-corrected chi connectivity index (χ4v) is 8.48. The third-order valence-electron chi connectivity index (χ3n) is 10.1. The predicted molar refractivity (Wildman–Crippen MR) is 115 cm³/mol. The Hall–Kier alpha value is -1.05. The van der Waals surface area contributed by atoms with E-state index in [-0.39, 0.29) is 5.82 Å². The first-order valence-corrected chi connectivity index (χ1v) is 11.9. The second kappa shape index (κ2) is 6.74. The van der Waals surface area contributed by atoms with Crippen molar-refractivity contribution in [1.82, 2.24) is 0 Å². The van der Waals surface area contributed by atoms with Crippen molar-refractivity contribution >= 4 is 5.69 Å². The molecule has 8 atom stereocenters. The van der Waals surface area contributed by atoms with Gasteiger partial charge in [-0.2, -0.15) is 0 Å². The molecule has 0 heterocycles. The SMILES string of the molecule is CC1CCC2(C)C(CCC3C2CCC2(C)C3CC[C@@H]2Nc2ccccc2F)C1. The lowest BCUT2D eigenvalue weighted by Crippen LogP contribution is -2.54. The minimum Gasteiger partial charge on any atom is -0.379 e. The Kier molecular flexibility index (Phi) is 4.56. The highest BCUT2D eigenvalue weighted by molar-refractivity contribution is 5.46. The molecule has 5 rings (SSSR count). The molecule has 1 nitrogen and oxygen atoms in total. The summed E-state index contributed by atoms with van der Waals surface area (Å²) in [4.78, 5) is 0. The molecule has 0 bridgehead atoms. The summed E-state index contributed by atoms with van der Waals surface area (Å²) in [5.41, 5.74) is 1.62. The van der Waals surface area contributed by atoms with E-state index in [2.05, 4.69) is 26.1 Å². The van der Waals surface area contributed by atoms with Crippen molar-refractivity contribution in [2.24, 2.45) is 40.4 Å². The number of halogens is 1. The van der Waals surface area contributed by atoms with Crippen LogP contribution in [0.1, 0.15) is 78.6 Å². The van der Waals surface area contributed by atoms with Crippen LogP contribution in [0.4, 0.5) is 10.1 Å². The first kappa shape index (κ1) is 18.9. The molecule has 4 aliphatic rings. The van der Waals surface area contributed by atoms with E-state index in [0.29, 0.717) is 22.6 Å². The first-order valence-electron chi connectivity index (χ1n) is 11.9. The fourth-order valence-electron chi connectivity index (χ4n) is 8.48. The van der Waals surface area contributed by atoms with Crippen LogP contribution >= 0.6 is 0 Å². The second-order valence-electron chi connectivity index (χ2n) is 11.3. The lowest BCUT2D eigenvalue weighted by molar-refractivity contribution is -0.111. The minimum atomic E-state index is -0.104. The van der Waals surface area contributed by atoms with Crippen LogP contribution in [-0.2, 0) is 0 Å². The highest BCUT2D eigenvalue weighted by Crippen LogP contribution is 2.66. The number of hydrogen-bond donors (Lipinski definition) is 1. The van der Waals surface area contributed by atoms with Crippen molar-refractivity contribution in [3.8, 4) is 0 Å². The molecule has 4 aliphatic carbocycles. The van der Waals surface area contributed by atoms with Gasteiger partial charge in [0.15, 0.2) is 0 Å². The van der Waals surface area contributed by atoms with Crippen LogP contribution in [0, 0.1) is 46.2 Å². The molecular formula is C26H38FN. The van der Waals surface area contributed by atoms with Gasteiger partial charge in [-0.3, -0.25) is 0 Å². The number of fused-ring (bicyclic) bond motifs is 5. The Morgan fingerprint density at radius 1 is 0.893 bits per heavy atom. The maximum absolute atomic E-state index is 14.3. The lowest BCUT2D eigenvalue weighted by atomic mass is 9.44. The standard InChI is InChI=1S/C26H38FN/c1-17-12-14-25(2)18(16-17)8-9-19-20-10-11-24(26(20,3)15-13-21(19)25)28-23-7-5-4-6-22(23)27/h4-7,17-21,24,28H,8-16H2,1-3H3/t17?,18?,19?,20?,21?,24-,25?,26?/m0/s1. The zero-order valence-corrected chi connectivity index (χ0v) is 18.0. The molecule has 7 unspecified atom stereocenters. The summed E-state index contributed by atoms with van der Waals surface area (Å²) in [6.07, 6.45) is 12.5. The van der Waals surface area contributed by atoms with Crippen molar-refractivity contribution in [1.29, 1.82) is 0 Å². The Balaban J connectivity index is 1.37. The zero-order valence-electron chi connectivity index (χ0n) is 18.0. The van der Waals surface area contributed by atoms with Gasteiger partial charge in [0.1, 0.15) is 5.82 Å². The van der Waals surface area contributed by atoms with Crippen molar-refractivity contribution in [3.63, 3.8) is 0 Å². The Bertz CT molecular complexity index is 731. The van der Waals surface area contributed by atoms with Crippen LogP contribution in [0.3, 0.4) is 0 Å². The summed E-state index contributed by atoms with van der Waals surface area (Å²) in [5.74, 6) is 4.46. The van der Waals surface area contributed by atoms with E-state index >= 15 is 0 Å². The van der Waals surface area contributed by atoms with Gasteiger partial charge < -0.3 is 5.32 Å². The second-order valence-corrected chi connectivity index (χ2v) is 11.3. The molecule has 1 N–H and O–H groups in total. The van der Waals surface area contributed by atoms with E-state index in [1.54, 1.807) is 12.1 Å². The van der Waals surface area contributed by atoms with Crippen LogP contribution in [0.15, 0.2) is 24.3 Å². The Labute approximate surface area is 170 Å². The highest BCUT2D eigenvalue weighted by atomic mass is 19.1. The van der Waals surface area contributed by atoms with E-state index in [1.165, 1.54) is 57.8 Å². The van der Waals surface area contributed by atoms with Crippen LogP contribution in [-0.4, -0.2) is 6.04 Å². The summed E-state index contributed by atoms with van der Waals surface area (Å²) in [6, 6.07) is 7.65. The van der Waals surface area contributed by atoms with Gasteiger partial charge in [-0.05, 0) is 104 Å². The Morgan fingerprint density at radius 2 is 1.64 bits per heavy atom. The van der Waals surface area contributed by atoms with E-state index in [9.17, 15) is 4.39 Å². The number of benzene rings is 1. The van der Waals surface area contributed by atoms with E-state index in [4.69, 9.17) is 0 Å². The van der Waals surface area contributed by atoms with Crippen LogP contribution in [0.25, 0.3) is 0 Å². The molecule has 0 radical (unpaired) electrons. The van der Waals surface area contributed by atoms with Crippen molar-refractivity contribution in [2.75, 3.05) is 5.32 Å². The van der Waals surface area contributed by atoms with Gasteiger partial charge in [0.05, 0.1) is 5.69 Å². The van der Waals surface area contributed by atoms with Gasteiger partial charge in [-0.15, -0.1) is 0 Å². The average molecular weight is 384 g/mol. The van der Waals surface area contributed by atoms with Gasteiger partial charge in [0.25, 0.3) is 0 Å². The van der Waals surface area contributed by atoms with Gasteiger partial charge in [-0.1, -0.05) is 39.3 Å². The first-order chi connectivity index (χ1) is 13.4. The summed E-state index contributed by atoms with van der Waals surface area (Å²) in [6.45, 7) is 7.66. The van der Waals surface area contributed by atoms with Crippen molar-refractivity contribution in [3.05, 3.63) is 30.1 Å². The summed E-state index contributed by atoms with van der Waals surface area (Å²) < 4.78 is 14.3. The van der Waals surface area contributed by atoms with Crippen molar-refractivity contribution < 1.29 is 4.39 Å². The minimum absolute atomic E-state index is 0.104. The van der Waals surface area contributed by atoms with Gasteiger partial charge in [-0.25, -0.2) is 4.39 Å². The van der Waals surface area contributed by atoms with E-state index in [0.717, 1.165) is 29.6 Å². The third kappa shape index (κ3) is 2.76. The fraction of sp³-hybridized carbons (Fsp3) is 0.769. The number of hydrogen-bond acceptors (Lipinski definition) is 1. The van der Waals surface area contributed by atoms with Crippen LogP contribution < -0.4 is 5.32 Å². The topological polar surface area (TPSA) is 12.0 Å². The summed E-state index contributed by atoms with van der Waals surface area (Å²) in [7, 11) is 0. The van der Waals surface area contributed by atoms with Crippen molar-refractivity contribution in [2.45, 2.75) is 84.6 Å². The molecule has 154 valence electrons. The number of nitrogens with one attached hydrogen (secondary N) is 1. The Morgan fingerprint density at radius 3 is 2.46 bits per heavy atom. The number of para-hydroxylation sites is 1. The molecule has 2 heteroatoms. The quantitative estimate of drug-likeness (QED) is 0.565. The molecule has 4 saturated carbocycles. The largest absolute Gasteiger partial charge is 0.379 e. The molecule has 0 aromatic heterocycles. The molecule has 28 heavy (non-hydrogen) atoms. The third-order valence-corrected chi connectivity index (χ3v) is 10.1. The molecule has 0 amide bonds. The van der Waals surface area contributed by atoms with E-state index < -0.39 is 0 Å². The maximum Gasteiger partial charge on any atom is 0.146 e. The summed E-state index contributed by atoms with van der Waals surface area (Å²) >= 11 is 0. The average Bonchev–Trinajstić information content (AvgIpc) is 3.01. The molecule has 1 aromatic rings. The molecule has 0 saturated heterocycles. The van der Waals surface area contributed by atoms with Gasteiger partial charge >= 0.3 is 0 Å².